The molecule has 0 saturated carbocycles. The van der Waals surface area contributed by atoms with Gasteiger partial charge in [-0.1, -0.05) is 12.1 Å². The molecule has 0 bridgehead atoms. The van der Waals surface area contributed by atoms with E-state index >= 15 is 0 Å². The number of benzene rings is 2. The highest BCUT2D eigenvalue weighted by molar-refractivity contribution is 8.00. The molecule has 0 aliphatic rings. The van der Waals surface area contributed by atoms with Crippen molar-refractivity contribution in [1.82, 2.24) is 9.55 Å². The van der Waals surface area contributed by atoms with Crippen LogP contribution in [0.5, 0.6) is 5.75 Å². The standard InChI is InChI=1S/C19H16F3N3O2S/c20-19(21,22)28-15-7-5-14(6-8-15)18(26)24-16-3-1-2-4-17(16)27-12-11-25-10-9-23-13-25/h1-10,13H,11-12H2,(H,24,26). The third-order valence-corrected chi connectivity index (χ3v) is 4.39. The number of imidazole rings is 1. The Morgan fingerprint density at radius 1 is 1.14 bits per heavy atom. The zero-order valence-corrected chi connectivity index (χ0v) is 15.3. The fourth-order valence-electron chi connectivity index (χ4n) is 2.38. The number of hydrogen-bond acceptors (Lipinski definition) is 4. The largest absolute Gasteiger partial charge is 0.490 e. The molecule has 0 aliphatic heterocycles. The molecule has 0 unspecified atom stereocenters. The van der Waals surface area contributed by atoms with Gasteiger partial charge >= 0.3 is 5.51 Å². The Balaban J connectivity index is 1.62. The van der Waals surface area contributed by atoms with E-state index in [9.17, 15) is 18.0 Å². The lowest BCUT2D eigenvalue weighted by molar-refractivity contribution is -0.0328. The molecule has 0 aliphatic carbocycles. The molecule has 146 valence electrons. The van der Waals surface area contributed by atoms with Crippen LogP contribution in [0.4, 0.5) is 18.9 Å². The van der Waals surface area contributed by atoms with E-state index in [1.54, 1.807) is 36.8 Å². The number of para-hydroxylation sites is 2. The first kappa shape index (κ1) is 19.8. The molecular weight excluding hydrogens is 391 g/mol. The van der Waals surface area contributed by atoms with Gasteiger partial charge in [-0.15, -0.1) is 0 Å². The van der Waals surface area contributed by atoms with E-state index in [2.05, 4.69) is 10.3 Å². The van der Waals surface area contributed by atoms with Gasteiger partial charge in [-0.25, -0.2) is 4.98 Å². The van der Waals surface area contributed by atoms with E-state index in [1.165, 1.54) is 24.3 Å². The number of amides is 1. The van der Waals surface area contributed by atoms with Crippen molar-refractivity contribution in [3.8, 4) is 5.75 Å². The van der Waals surface area contributed by atoms with Gasteiger partial charge in [-0.3, -0.25) is 4.79 Å². The number of anilines is 1. The van der Waals surface area contributed by atoms with Crippen LogP contribution >= 0.6 is 11.8 Å². The zero-order valence-electron chi connectivity index (χ0n) is 14.5. The van der Waals surface area contributed by atoms with Gasteiger partial charge in [0.15, 0.2) is 0 Å². The smallest absolute Gasteiger partial charge is 0.446 e. The Bertz CT molecular complexity index is 913. The summed E-state index contributed by atoms with van der Waals surface area (Å²) in [4.78, 5) is 16.4. The molecule has 1 heterocycles. The van der Waals surface area contributed by atoms with Crippen molar-refractivity contribution in [1.29, 1.82) is 0 Å². The van der Waals surface area contributed by atoms with Crippen LogP contribution in [0.3, 0.4) is 0 Å². The van der Waals surface area contributed by atoms with Gasteiger partial charge < -0.3 is 14.6 Å². The topological polar surface area (TPSA) is 56.1 Å². The van der Waals surface area contributed by atoms with Crippen molar-refractivity contribution in [2.75, 3.05) is 11.9 Å². The molecule has 3 aromatic rings. The summed E-state index contributed by atoms with van der Waals surface area (Å²) in [5, 5.41) is 2.73. The zero-order chi connectivity index (χ0) is 20.0. The maximum Gasteiger partial charge on any atom is 0.446 e. The van der Waals surface area contributed by atoms with Crippen LogP contribution in [-0.4, -0.2) is 27.6 Å². The molecule has 0 atom stereocenters. The quantitative estimate of drug-likeness (QED) is 0.570. The van der Waals surface area contributed by atoms with Crippen molar-refractivity contribution >= 4 is 23.4 Å². The second-order valence-corrected chi connectivity index (χ2v) is 6.81. The summed E-state index contributed by atoms with van der Waals surface area (Å²) in [6.45, 7) is 0.979. The lowest BCUT2D eigenvalue weighted by atomic mass is 10.2. The molecule has 0 spiro atoms. The number of ether oxygens (including phenoxy) is 1. The molecule has 28 heavy (non-hydrogen) atoms. The van der Waals surface area contributed by atoms with Crippen LogP contribution in [0.2, 0.25) is 0 Å². The van der Waals surface area contributed by atoms with Crippen LogP contribution < -0.4 is 10.1 Å². The van der Waals surface area contributed by atoms with Gasteiger partial charge in [0.25, 0.3) is 5.91 Å². The fraction of sp³-hybridized carbons (Fsp3) is 0.158. The first-order valence-corrected chi connectivity index (χ1v) is 9.07. The van der Waals surface area contributed by atoms with Gasteiger partial charge in [-0.05, 0) is 48.2 Å². The summed E-state index contributed by atoms with van der Waals surface area (Å²) in [5.41, 5.74) is -3.64. The summed E-state index contributed by atoms with van der Waals surface area (Å²) in [7, 11) is 0. The van der Waals surface area contributed by atoms with E-state index in [1.807, 2.05) is 10.8 Å². The molecule has 0 fully saturated rings. The molecule has 1 amide bonds. The number of hydrogen-bond donors (Lipinski definition) is 1. The molecular formula is C19H16F3N3O2S. The number of rotatable bonds is 7. The summed E-state index contributed by atoms with van der Waals surface area (Å²) in [6, 6.07) is 12.2. The molecule has 5 nitrogen and oxygen atoms in total. The third-order valence-electron chi connectivity index (χ3n) is 3.65. The van der Waals surface area contributed by atoms with Crippen LogP contribution in [0.15, 0.2) is 72.1 Å². The van der Waals surface area contributed by atoms with Crippen molar-refractivity contribution in [2.24, 2.45) is 0 Å². The Kier molecular flexibility index (Phi) is 6.25. The maximum atomic E-state index is 12.4. The first-order chi connectivity index (χ1) is 13.4. The number of carbonyl (C=O) groups is 1. The molecule has 3 rings (SSSR count). The SMILES string of the molecule is O=C(Nc1ccccc1OCCn1ccnc1)c1ccc(SC(F)(F)F)cc1. The average molecular weight is 407 g/mol. The van der Waals surface area contributed by atoms with Crippen LogP contribution in [0, 0.1) is 0 Å². The van der Waals surface area contributed by atoms with E-state index in [0.717, 1.165) is 0 Å². The highest BCUT2D eigenvalue weighted by Crippen LogP contribution is 2.36. The Morgan fingerprint density at radius 2 is 1.89 bits per heavy atom. The monoisotopic (exact) mass is 407 g/mol. The van der Waals surface area contributed by atoms with Crippen molar-refractivity contribution in [3.05, 3.63) is 72.8 Å². The van der Waals surface area contributed by atoms with Crippen molar-refractivity contribution in [3.63, 3.8) is 0 Å². The Morgan fingerprint density at radius 3 is 2.57 bits per heavy atom. The van der Waals surface area contributed by atoms with E-state index in [-0.39, 0.29) is 22.2 Å². The van der Waals surface area contributed by atoms with E-state index in [0.29, 0.717) is 24.6 Å². The van der Waals surface area contributed by atoms with Gasteiger partial charge in [0.2, 0.25) is 0 Å². The van der Waals surface area contributed by atoms with Crippen LogP contribution in [-0.2, 0) is 6.54 Å². The molecule has 9 heteroatoms. The predicted octanol–water partition coefficient (Wildman–Crippen LogP) is 4.83. The molecule has 2 aromatic carbocycles. The van der Waals surface area contributed by atoms with Crippen LogP contribution in [0.1, 0.15) is 10.4 Å². The second kappa shape index (κ2) is 8.83. The lowest BCUT2D eigenvalue weighted by Gasteiger charge is -2.13. The van der Waals surface area contributed by atoms with Gasteiger partial charge in [0.05, 0.1) is 18.6 Å². The lowest BCUT2D eigenvalue weighted by Crippen LogP contribution is -2.14. The summed E-state index contributed by atoms with van der Waals surface area (Å²) in [5.74, 6) is 0.0643. The van der Waals surface area contributed by atoms with Crippen molar-refractivity contribution in [2.45, 2.75) is 16.9 Å². The number of nitrogens with one attached hydrogen (secondary N) is 1. The number of halogens is 3. The number of carbonyl (C=O) groups excluding carboxylic acids is 1. The third kappa shape index (κ3) is 5.78. The molecule has 0 saturated heterocycles. The predicted molar refractivity (Wildman–Crippen MR) is 100 cm³/mol. The molecule has 1 aromatic heterocycles. The Labute approximate surface area is 163 Å². The maximum absolute atomic E-state index is 12.4. The number of alkyl halides is 3. The molecule has 1 N–H and O–H groups in total. The number of thioether (sulfide) groups is 1. The minimum Gasteiger partial charge on any atom is -0.490 e. The number of nitrogens with zero attached hydrogens (tertiary/aromatic N) is 2. The van der Waals surface area contributed by atoms with Gasteiger partial charge in [0.1, 0.15) is 12.4 Å². The summed E-state index contributed by atoms with van der Waals surface area (Å²) >= 11 is -0.223. The number of aromatic nitrogens is 2. The minimum atomic E-state index is -4.36. The van der Waals surface area contributed by atoms with Crippen molar-refractivity contribution < 1.29 is 22.7 Å². The van der Waals surface area contributed by atoms with Crippen LogP contribution in [0.25, 0.3) is 0 Å². The summed E-state index contributed by atoms with van der Waals surface area (Å²) in [6.07, 6.45) is 5.17. The van der Waals surface area contributed by atoms with Gasteiger partial charge in [-0.2, -0.15) is 13.2 Å². The minimum absolute atomic E-state index is 0.0206. The average Bonchev–Trinajstić information content (AvgIpc) is 3.16. The van der Waals surface area contributed by atoms with E-state index in [4.69, 9.17) is 4.74 Å². The summed E-state index contributed by atoms with van der Waals surface area (Å²) < 4.78 is 44.8. The Hall–Kier alpha value is -2.94. The normalized spacial score (nSPS) is 11.2. The molecule has 0 radical (unpaired) electrons. The second-order valence-electron chi connectivity index (χ2n) is 5.67. The van der Waals surface area contributed by atoms with Gasteiger partial charge in [0, 0.05) is 22.9 Å². The highest BCUT2D eigenvalue weighted by atomic mass is 32.2. The fourth-order valence-corrected chi connectivity index (χ4v) is 2.92. The highest BCUT2D eigenvalue weighted by Gasteiger charge is 2.29. The first-order valence-electron chi connectivity index (χ1n) is 8.25. The van der Waals surface area contributed by atoms with E-state index < -0.39 is 11.4 Å².